The predicted molar refractivity (Wildman–Crippen MR) is 136 cm³/mol. The van der Waals surface area contributed by atoms with Crippen molar-refractivity contribution in [1.29, 1.82) is 0 Å². The first-order chi connectivity index (χ1) is 18.3. The molecule has 38 heavy (non-hydrogen) atoms. The number of para-hydroxylation sites is 1. The quantitative estimate of drug-likeness (QED) is 0.384. The first-order valence-corrected chi connectivity index (χ1v) is 11.8. The Morgan fingerprint density at radius 3 is 2.58 bits per heavy atom. The van der Waals surface area contributed by atoms with Gasteiger partial charge in [-0.05, 0) is 35.9 Å². The number of carboxylic acid groups (broad SMARTS) is 1. The second-order valence-electron chi connectivity index (χ2n) is 8.78. The number of aryl methyl sites for hydroxylation is 1. The number of carbonyl (C=O) groups excluding carboxylic acids is 2. The van der Waals surface area contributed by atoms with Crippen LogP contribution in [0.2, 0.25) is 0 Å². The highest BCUT2D eigenvalue weighted by atomic mass is 19.1. The average Bonchev–Trinajstić information content (AvgIpc) is 3.26. The van der Waals surface area contributed by atoms with Gasteiger partial charge in [-0.1, -0.05) is 42.5 Å². The summed E-state index contributed by atoms with van der Waals surface area (Å²) in [6.45, 7) is -0.194. The van der Waals surface area contributed by atoms with Crippen LogP contribution in [0, 0.1) is 5.82 Å². The Morgan fingerprint density at radius 2 is 1.82 bits per heavy atom. The third kappa shape index (κ3) is 4.83. The van der Waals surface area contributed by atoms with Crippen molar-refractivity contribution in [2.24, 2.45) is 7.05 Å². The molecule has 0 unspecified atom stereocenters. The molecule has 2 amide bonds. The highest BCUT2D eigenvalue weighted by molar-refractivity contribution is 6.01. The topological polar surface area (TPSA) is 114 Å². The molecule has 0 spiro atoms. The van der Waals surface area contributed by atoms with Gasteiger partial charge in [0.25, 0.3) is 5.91 Å². The Balaban J connectivity index is 1.45. The Bertz CT molecular complexity index is 1550. The van der Waals surface area contributed by atoms with E-state index in [2.05, 4.69) is 10.4 Å². The van der Waals surface area contributed by atoms with Crippen LogP contribution in [0.4, 0.5) is 10.1 Å². The summed E-state index contributed by atoms with van der Waals surface area (Å²) >= 11 is 0. The number of ether oxygens (including phenoxy) is 1. The molecule has 192 valence electrons. The van der Waals surface area contributed by atoms with E-state index in [0.29, 0.717) is 11.3 Å². The van der Waals surface area contributed by atoms with Crippen LogP contribution in [0.25, 0.3) is 11.3 Å². The fourth-order valence-electron chi connectivity index (χ4n) is 4.42. The van der Waals surface area contributed by atoms with Crippen LogP contribution in [0.15, 0.2) is 72.8 Å². The maximum Gasteiger partial charge on any atom is 0.335 e. The second-order valence-corrected chi connectivity index (χ2v) is 8.78. The fraction of sp³-hybridized carbons (Fsp3) is 0.143. The number of carbonyl (C=O) groups is 3. The van der Waals surface area contributed by atoms with E-state index in [1.807, 2.05) is 54.6 Å². The third-order valence-corrected chi connectivity index (χ3v) is 6.19. The lowest BCUT2D eigenvalue weighted by molar-refractivity contribution is -0.117. The molecule has 0 saturated carbocycles. The van der Waals surface area contributed by atoms with E-state index in [0.717, 1.165) is 35.0 Å². The number of amides is 2. The van der Waals surface area contributed by atoms with Crippen LogP contribution in [0.1, 0.15) is 32.0 Å². The zero-order chi connectivity index (χ0) is 26.8. The van der Waals surface area contributed by atoms with Crippen LogP contribution < -0.4 is 10.1 Å². The van der Waals surface area contributed by atoms with Crippen molar-refractivity contribution in [1.82, 2.24) is 14.7 Å². The fourth-order valence-corrected chi connectivity index (χ4v) is 4.42. The standard InChI is InChI=1S/C28H23FN4O5/c1-32-26-19-9-5-6-10-23(19)38-16-20(26)25(31-32)27(35)33(14-17-7-3-2-4-8-17)15-24(34)30-22-13-18(28(36)37)11-12-21(22)29/h2-13H,14-16H2,1H3,(H,30,34)(H,36,37). The molecule has 5 rings (SSSR count). The smallest absolute Gasteiger partial charge is 0.335 e. The van der Waals surface area contributed by atoms with E-state index in [-0.39, 0.29) is 30.1 Å². The van der Waals surface area contributed by atoms with E-state index in [4.69, 9.17) is 4.74 Å². The van der Waals surface area contributed by atoms with Crippen molar-refractivity contribution in [2.45, 2.75) is 13.2 Å². The normalized spacial score (nSPS) is 11.6. The molecule has 1 aliphatic rings. The molecule has 1 aromatic heterocycles. The summed E-state index contributed by atoms with van der Waals surface area (Å²) in [5.41, 5.74) is 2.63. The number of carboxylic acids is 1. The van der Waals surface area contributed by atoms with Crippen molar-refractivity contribution in [3.63, 3.8) is 0 Å². The molecule has 0 fully saturated rings. The van der Waals surface area contributed by atoms with E-state index in [9.17, 15) is 23.9 Å². The second kappa shape index (κ2) is 10.2. The Morgan fingerprint density at radius 1 is 1.08 bits per heavy atom. The lowest BCUT2D eigenvalue weighted by atomic mass is 10.0. The number of nitrogens with one attached hydrogen (secondary N) is 1. The van der Waals surface area contributed by atoms with Crippen LogP contribution in [0.3, 0.4) is 0 Å². The number of hydrogen-bond acceptors (Lipinski definition) is 5. The number of benzene rings is 3. The lowest BCUT2D eigenvalue weighted by Crippen LogP contribution is -2.38. The Labute approximate surface area is 217 Å². The van der Waals surface area contributed by atoms with Gasteiger partial charge in [0, 0.05) is 24.7 Å². The van der Waals surface area contributed by atoms with Gasteiger partial charge in [-0.3, -0.25) is 14.3 Å². The number of aromatic carboxylic acids is 1. The third-order valence-electron chi connectivity index (χ3n) is 6.19. The molecule has 0 atom stereocenters. The number of hydrogen-bond donors (Lipinski definition) is 2. The number of fused-ring (bicyclic) bond motifs is 3. The van der Waals surface area contributed by atoms with Crippen LogP contribution >= 0.6 is 0 Å². The SMILES string of the molecule is Cn1nc(C(=O)N(CC(=O)Nc2cc(C(=O)O)ccc2F)Cc2ccccc2)c2c1-c1ccccc1OC2. The number of halogens is 1. The largest absolute Gasteiger partial charge is 0.488 e. The molecule has 2 heterocycles. The van der Waals surface area contributed by atoms with Crippen molar-refractivity contribution in [2.75, 3.05) is 11.9 Å². The minimum atomic E-state index is -1.26. The summed E-state index contributed by atoms with van der Waals surface area (Å²) in [4.78, 5) is 39.4. The summed E-state index contributed by atoms with van der Waals surface area (Å²) in [5.74, 6) is -2.55. The molecule has 0 aliphatic carbocycles. The first-order valence-electron chi connectivity index (χ1n) is 11.8. The molecule has 0 bridgehead atoms. The molecular formula is C28H23FN4O5. The van der Waals surface area contributed by atoms with Gasteiger partial charge in [0.15, 0.2) is 5.69 Å². The van der Waals surface area contributed by atoms with Gasteiger partial charge in [-0.2, -0.15) is 5.10 Å². The minimum Gasteiger partial charge on any atom is -0.488 e. The molecule has 2 N–H and O–H groups in total. The van der Waals surface area contributed by atoms with E-state index >= 15 is 0 Å². The summed E-state index contributed by atoms with van der Waals surface area (Å²) in [7, 11) is 1.74. The zero-order valence-corrected chi connectivity index (χ0v) is 20.3. The van der Waals surface area contributed by atoms with Gasteiger partial charge in [0.2, 0.25) is 5.91 Å². The van der Waals surface area contributed by atoms with Gasteiger partial charge in [0.05, 0.1) is 16.9 Å². The van der Waals surface area contributed by atoms with E-state index in [1.165, 1.54) is 4.90 Å². The molecule has 0 radical (unpaired) electrons. The van der Waals surface area contributed by atoms with Gasteiger partial charge in [-0.15, -0.1) is 0 Å². The maximum absolute atomic E-state index is 14.3. The number of rotatable bonds is 7. The molecule has 9 nitrogen and oxygen atoms in total. The van der Waals surface area contributed by atoms with Crippen LogP contribution in [-0.4, -0.2) is 44.1 Å². The summed E-state index contributed by atoms with van der Waals surface area (Å²) in [6.07, 6.45) is 0. The van der Waals surface area contributed by atoms with Crippen molar-refractivity contribution in [3.8, 4) is 17.0 Å². The Kier molecular flexibility index (Phi) is 6.61. The number of nitrogens with zero attached hydrogens (tertiary/aromatic N) is 3. The lowest BCUT2D eigenvalue weighted by Gasteiger charge is -2.23. The summed E-state index contributed by atoms with van der Waals surface area (Å²) in [5, 5.41) is 16.1. The molecular weight excluding hydrogens is 491 g/mol. The van der Waals surface area contributed by atoms with Crippen LogP contribution in [-0.2, 0) is 25.0 Å². The average molecular weight is 515 g/mol. The van der Waals surface area contributed by atoms with Crippen molar-refractivity contribution >= 4 is 23.5 Å². The molecule has 10 heteroatoms. The molecule has 0 saturated heterocycles. The van der Waals surface area contributed by atoms with Crippen molar-refractivity contribution < 1.29 is 28.6 Å². The van der Waals surface area contributed by atoms with Gasteiger partial charge in [-0.25, -0.2) is 9.18 Å². The van der Waals surface area contributed by atoms with Crippen molar-refractivity contribution in [3.05, 3.63) is 101 Å². The molecule has 3 aromatic carbocycles. The monoisotopic (exact) mass is 514 g/mol. The first kappa shape index (κ1) is 24.7. The predicted octanol–water partition coefficient (Wildman–Crippen LogP) is 4.10. The highest BCUT2D eigenvalue weighted by Gasteiger charge is 2.31. The summed E-state index contributed by atoms with van der Waals surface area (Å²) in [6, 6.07) is 19.7. The summed E-state index contributed by atoms with van der Waals surface area (Å²) < 4.78 is 21.8. The van der Waals surface area contributed by atoms with Gasteiger partial charge in [0.1, 0.15) is 24.7 Å². The van der Waals surface area contributed by atoms with Gasteiger partial charge < -0.3 is 20.1 Å². The van der Waals surface area contributed by atoms with E-state index in [1.54, 1.807) is 11.7 Å². The number of aromatic nitrogens is 2. The minimum absolute atomic E-state index is 0.0908. The Hall–Kier alpha value is -4.99. The molecule has 1 aliphatic heterocycles. The molecule has 4 aromatic rings. The maximum atomic E-state index is 14.3. The van der Waals surface area contributed by atoms with E-state index < -0.39 is 30.1 Å². The van der Waals surface area contributed by atoms with Gasteiger partial charge >= 0.3 is 5.97 Å². The zero-order valence-electron chi connectivity index (χ0n) is 20.3. The van der Waals surface area contributed by atoms with Crippen LogP contribution in [0.5, 0.6) is 5.75 Å². The highest BCUT2D eigenvalue weighted by Crippen LogP contribution is 2.38. The number of anilines is 1.